The van der Waals surface area contributed by atoms with E-state index in [1.807, 2.05) is 77.9 Å². The van der Waals surface area contributed by atoms with Gasteiger partial charge in [0.15, 0.2) is 0 Å². The molecular formula is C23H33N3O4. The number of likely N-dealkylation sites (tertiary alicyclic amines) is 1. The SMILES string of the molecule is CCC(C)C1(C(=O)O)NC(c2ccc(N(C)C)cc2)C2C(=O)N(C(C)(C)C)C(=O)C21. The standard InChI is InChI=1S/C23H33N3O4/c1-8-13(2)23(21(29)30)17-16(19(27)26(20(17)28)22(3,4)5)18(24-23)14-9-11-15(12-10-14)25(6)7/h9-13,16-18,24H,8H2,1-7H3,(H,29,30). The van der Waals surface area contributed by atoms with E-state index in [2.05, 4.69) is 5.32 Å². The number of aliphatic carboxylic acids is 1. The lowest BCUT2D eigenvalue weighted by molar-refractivity contribution is -0.156. The molecule has 2 amide bonds. The van der Waals surface area contributed by atoms with E-state index < -0.39 is 34.9 Å². The van der Waals surface area contributed by atoms with Gasteiger partial charge in [-0.05, 0) is 44.4 Å². The van der Waals surface area contributed by atoms with Gasteiger partial charge in [-0.3, -0.25) is 24.6 Å². The first-order chi connectivity index (χ1) is 13.9. The largest absolute Gasteiger partial charge is 0.480 e. The van der Waals surface area contributed by atoms with Gasteiger partial charge in [0.25, 0.3) is 0 Å². The van der Waals surface area contributed by atoms with Gasteiger partial charge in [0.2, 0.25) is 11.8 Å². The van der Waals surface area contributed by atoms with Crippen LogP contribution < -0.4 is 10.2 Å². The lowest BCUT2D eigenvalue weighted by Crippen LogP contribution is -2.60. The van der Waals surface area contributed by atoms with Crippen molar-refractivity contribution in [2.45, 2.75) is 58.2 Å². The molecule has 0 radical (unpaired) electrons. The summed E-state index contributed by atoms with van der Waals surface area (Å²) in [5.74, 6) is -3.76. The van der Waals surface area contributed by atoms with Crippen LogP contribution in [0.2, 0.25) is 0 Å². The maximum atomic E-state index is 13.5. The van der Waals surface area contributed by atoms with Gasteiger partial charge in [0.1, 0.15) is 5.54 Å². The molecule has 5 atom stereocenters. The molecule has 30 heavy (non-hydrogen) atoms. The Bertz CT molecular complexity index is 858. The number of benzene rings is 1. The summed E-state index contributed by atoms with van der Waals surface area (Å²) in [4.78, 5) is 42.9. The van der Waals surface area contributed by atoms with Gasteiger partial charge in [0, 0.05) is 31.4 Å². The number of anilines is 1. The van der Waals surface area contributed by atoms with Crippen LogP contribution in [0.5, 0.6) is 0 Å². The monoisotopic (exact) mass is 415 g/mol. The molecule has 2 saturated heterocycles. The van der Waals surface area contributed by atoms with Crippen molar-refractivity contribution in [3.63, 3.8) is 0 Å². The zero-order valence-corrected chi connectivity index (χ0v) is 18.9. The molecule has 2 aliphatic heterocycles. The molecule has 1 aromatic rings. The number of carbonyl (C=O) groups excluding carboxylic acids is 2. The molecule has 0 saturated carbocycles. The van der Waals surface area contributed by atoms with Crippen molar-refractivity contribution in [3.05, 3.63) is 29.8 Å². The van der Waals surface area contributed by atoms with Crippen molar-refractivity contribution in [1.29, 1.82) is 0 Å². The molecule has 3 rings (SSSR count). The van der Waals surface area contributed by atoms with Crippen LogP contribution in [0.4, 0.5) is 5.69 Å². The van der Waals surface area contributed by atoms with E-state index in [0.29, 0.717) is 6.42 Å². The summed E-state index contributed by atoms with van der Waals surface area (Å²) in [6.07, 6.45) is 0.575. The Hall–Kier alpha value is -2.41. The molecule has 0 aliphatic carbocycles. The highest BCUT2D eigenvalue weighted by molar-refractivity contribution is 6.10. The van der Waals surface area contributed by atoms with Gasteiger partial charge < -0.3 is 10.0 Å². The van der Waals surface area contributed by atoms with Gasteiger partial charge in [-0.25, -0.2) is 0 Å². The van der Waals surface area contributed by atoms with E-state index in [0.717, 1.165) is 11.3 Å². The van der Waals surface area contributed by atoms with Crippen LogP contribution in [0.15, 0.2) is 24.3 Å². The van der Waals surface area contributed by atoms with Crippen molar-refractivity contribution in [2.75, 3.05) is 19.0 Å². The normalized spacial score (nSPS) is 29.8. The third-order valence-corrected chi connectivity index (χ3v) is 6.78. The number of fused-ring (bicyclic) bond motifs is 1. The van der Waals surface area contributed by atoms with Gasteiger partial charge in [0.05, 0.1) is 11.8 Å². The minimum atomic E-state index is -1.49. The van der Waals surface area contributed by atoms with E-state index in [1.54, 1.807) is 0 Å². The predicted molar refractivity (Wildman–Crippen MR) is 115 cm³/mol. The highest BCUT2D eigenvalue weighted by atomic mass is 16.4. The lowest BCUT2D eigenvalue weighted by Gasteiger charge is -2.38. The molecule has 1 aromatic carbocycles. The Morgan fingerprint density at radius 2 is 1.77 bits per heavy atom. The Kier molecular flexibility index (Phi) is 5.48. The zero-order valence-electron chi connectivity index (χ0n) is 18.9. The molecule has 7 nitrogen and oxygen atoms in total. The number of carboxylic acids is 1. The molecule has 2 aliphatic rings. The highest BCUT2D eigenvalue weighted by Gasteiger charge is 2.70. The highest BCUT2D eigenvalue weighted by Crippen LogP contribution is 2.53. The second-order valence-corrected chi connectivity index (χ2v) is 9.78. The summed E-state index contributed by atoms with van der Waals surface area (Å²) >= 11 is 0. The number of hydrogen-bond donors (Lipinski definition) is 2. The Morgan fingerprint density at radius 1 is 1.20 bits per heavy atom. The number of carbonyl (C=O) groups is 3. The number of amides is 2. The second-order valence-electron chi connectivity index (χ2n) is 9.78. The molecule has 164 valence electrons. The quantitative estimate of drug-likeness (QED) is 0.719. The Labute approximate surface area is 178 Å². The number of nitrogens with zero attached hydrogens (tertiary/aromatic N) is 2. The topological polar surface area (TPSA) is 89.9 Å². The molecule has 0 bridgehead atoms. The second kappa shape index (κ2) is 7.38. The van der Waals surface area contributed by atoms with Gasteiger partial charge in [-0.15, -0.1) is 0 Å². The fourth-order valence-corrected chi connectivity index (χ4v) is 5.05. The van der Waals surface area contributed by atoms with Crippen LogP contribution in [0, 0.1) is 17.8 Å². The predicted octanol–water partition coefficient (Wildman–Crippen LogP) is 2.67. The van der Waals surface area contributed by atoms with E-state index in [9.17, 15) is 19.5 Å². The summed E-state index contributed by atoms with van der Waals surface area (Å²) in [5, 5.41) is 13.6. The minimum absolute atomic E-state index is 0.293. The maximum Gasteiger partial charge on any atom is 0.325 e. The van der Waals surface area contributed by atoms with Crippen LogP contribution in [0.1, 0.15) is 52.6 Å². The van der Waals surface area contributed by atoms with Crippen LogP contribution >= 0.6 is 0 Å². The van der Waals surface area contributed by atoms with Crippen molar-refractivity contribution < 1.29 is 19.5 Å². The fraction of sp³-hybridized carbons (Fsp3) is 0.609. The third kappa shape index (κ3) is 3.11. The van der Waals surface area contributed by atoms with Crippen molar-refractivity contribution in [1.82, 2.24) is 10.2 Å². The molecule has 0 spiro atoms. The summed E-state index contributed by atoms with van der Waals surface area (Å²) in [7, 11) is 3.88. The van der Waals surface area contributed by atoms with Gasteiger partial charge in [-0.1, -0.05) is 32.4 Å². The first kappa shape index (κ1) is 22.3. The maximum absolute atomic E-state index is 13.5. The fourth-order valence-electron chi connectivity index (χ4n) is 5.05. The van der Waals surface area contributed by atoms with Crippen LogP contribution in [-0.2, 0) is 14.4 Å². The first-order valence-electron chi connectivity index (χ1n) is 10.5. The summed E-state index contributed by atoms with van der Waals surface area (Å²) in [6, 6.07) is 7.17. The van der Waals surface area contributed by atoms with E-state index in [4.69, 9.17) is 0 Å². The first-order valence-corrected chi connectivity index (χ1v) is 10.5. The van der Waals surface area contributed by atoms with Crippen LogP contribution in [0.25, 0.3) is 0 Å². The van der Waals surface area contributed by atoms with Crippen molar-refractivity contribution in [3.8, 4) is 0 Å². The number of carboxylic acid groups (broad SMARTS) is 1. The van der Waals surface area contributed by atoms with Gasteiger partial charge in [-0.2, -0.15) is 0 Å². The Morgan fingerprint density at radius 3 is 2.20 bits per heavy atom. The molecule has 5 unspecified atom stereocenters. The number of rotatable bonds is 5. The zero-order chi connectivity index (χ0) is 22.6. The number of nitrogens with one attached hydrogen (secondary N) is 1. The van der Waals surface area contributed by atoms with Crippen LogP contribution in [0.3, 0.4) is 0 Å². The van der Waals surface area contributed by atoms with E-state index in [1.165, 1.54) is 4.90 Å². The summed E-state index contributed by atoms with van der Waals surface area (Å²) in [5.41, 5.74) is -0.377. The van der Waals surface area contributed by atoms with E-state index in [-0.39, 0.29) is 17.7 Å². The summed E-state index contributed by atoms with van der Waals surface area (Å²) in [6.45, 7) is 9.18. The van der Waals surface area contributed by atoms with Crippen molar-refractivity contribution >= 4 is 23.5 Å². The number of imide groups is 1. The average molecular weight is 416 g/mol. The molecular weight excluding hydrogens is 382 g/mol. The van der Waals surface area contributed by atoms with Gasteiger partial charge >= 0.3 is 5.97 Å². The summed E-state index contributed by atoms with van der Waals surface area (Å²) < 4.78 is 0. The minimum Gasteiger partial charge on any atom is -0.480 e. The number of hydrogen-bond acceptors (Lipinski definition) is 5. The lowest BCUT2D eigenvalue weighted by atomic mass is 9.72. The molecule has 0 aromatic heterocycles. The molecule has 2 heterocycles. The molecule has 2 fully saturated rings. The Balaban J connectivity index is 2.17. The molecule has 7 heteroatoms. The average Bonchev–Trinajstić information content (AvgIpc) is 3.16. The molecule has 2 N–H and O–H groups in total. The van der Waals surface area contributed by atoms with Crippen molar-refractivity contribution in [2.24, 2.45) is 17.8 Å². The van der Waals surface area contributed by atoms with E-state index >= 15 is 0 Å². The smallest absolute Gasteiger partial charge is 0.325 e. The van der Waals surface area contributed by atoms with Crippen LogP contribution in [-0.4, -0.2) is 53.0 Å². The third-order valence-electron chi connectivity index (χ3n) is 6.78.